The Morgan fingerprint density at radius 2 is 2.33 bits per heavy atom. The molecule has 1 heterocycles. The van der Waals surface area contributed by atoms with Gasteiger partial charge in [-0.25, -0.2) is 4.79 Å². The lowest BCUT2D eigenvalue weighted by atomic mass is 10.1. The Morgan fingerprint density at radius 3 is 2.83 bits per heavy atom. The number of carbonyl (C=O) groups excluding carboxylic acids is 1. The molecule has 1 fully saturated rings. The first kappa shape index (κ1) is 9.65. The van der Waals surface area contributed by atoms with Gasteiger partial charge in [0.15, 0.2) is 0 Å². The molecular formula is C9H14O2S. The van der Waals surface area contributed by atoms with Crippen molar-refractivity contribution in [2.45, 2.75) is 24.5 Å². The average molecular weight is 186 g/mol. The molecule has 0 N–H and O–H groups in total. The Morgan fingerprint density at radius 1 is 1.58 bits per heavy atom. The summed E-state index contributed by atoms with van der Waals surface area (Å²) in [7, 11) is 1.40. The number of hydrogen-bond donors (Lipinski definition) is 0. The molecule has 0 spiro atoms. The van der Waals surface area contributed by atoms with E-state index in [1.165, 1.54) is 20.0 Å². The molecule has 1 saturated heterocycles. The SMILES string of the molecule is C=C(C(=O)OC)C1CCCCS1. The molecule has 0 bridgehead atoms. The molecule has 0 aromatic carbocycles. The van der Waals surface area contributed by atoms with Crippen LogP contribution < -0.4 is 0 Å². The number of carbonyl (C=O) groups is 1. The maximum absolute atomic E-state index is 11.1. The molecule has 2 nitrogen and oxygen atoms in total. The molecule has 3 heteroatoms. The van der Waals surface area contributed by atoms with E-state index in [-0.39, 0.29) is 5.97 Å². The largest absolute Gasteiger partial charge is 0.466 e. The molecule has 1 rings (SSSR count). The molecule has 0 radical (unpaired) electrons. The monoisotopic (exact) mass is 186 g/mol. The van der Waals surface area contributed by atoms with Crippen molar-refractivity contribution in [3.63, 3.8) is 0 Å². The summed E-state index contributed by atoms with van der Waals surface area (Å²) in [6, 6.07) is 0. The van der Waals surface area contributed by atoms with Gasteiger partial charge in [-0.1, -0.05) is 13.0 Å². The second kappa shape index (κ2) is 4.55. The van der Waals surface area contributed by atoms with Gasteiger partial charge in [0.2, 0.25) is 0 Å². The van der Waals surface area contributed by atoms with Crippen LogP contribution in [0.2, 0.25) is 0 Å². The van der Waals surface area contributed by atoms with E-state index in [0.29, 0.717) is 10.8 Å². The molecule has 1 unspecified atom stereocenters. The number of ether oxygens (including phenoxy) is 1. The minimum atomic E-state index is -0.255. The summed E-state index contributed by atoms with van der Waals surface area (Å²) in [4.78, 5) is 11.1. The molecule has 0 aromatic heterocycles. The van der Waals surface area contributed by atoms with E-state index in [1.54, 1.807) is 0 Å². The van der Waals surface area contributed by atoms with Crippen molar-refractivity contribution in [1.29, 1.82) is 0 Å². The quantitative estimate of drug-likeness (QED) is 0.487. The van der Waals surface area contributed by atoms with Crippen molar-refractivity contribution >= 4 is 17.7 Å². The highest BCUT2D eigenvalue weighted by Gasteiger charge is 2.21. The summed E-state index contributed by atoms with van der Waals surface area (Å²) in [5.74, 6) is 0.884. The number of rotatable bonds is 2. The van der Waals surface area contributed by atoms with E-state index < -0.39 is 0 Å². The topological polar surface area (TPSA) is 26.3 Å². The standard InChI is InChI=1S/C9H14O2S/c1-7(9(10)11-2)8-5-3-4-6-12-8/h8H,1,3-6H2,2H3. The normalized spacial score (nSPS) is 23.2. The van der Waals surface area contributed by atoms with Crippen LogP contribution >= 0.6 is 11.8 Å². The fourth-order valence-electron chi connectivity index (χ4n) is 1.28. The van der Waals surface area contributed by atoms with Crippen molar-refractivity contribution in [3.05, 3.63) is 12.2 Å². The molecule has 68 valence electrons. The molecular weight excluding hydrogens is 172 g/mol. The lowest BCUT2D eigenvalue weighted by molar-refractivity contribution is -0.136. The second-order valence-electron chi connectivity index (χ2n) is 2.87. The summed E-state index contributed by atoms with van der Waals surface area (Å²) in [5.41, 5.74) is 0.627. The highest BCUT2D eigenvalue weighted by molar-refractivity contribution is 8.00. The zero-order valence-electron chi connectivity index (χ0n) is 7.34. The van der Waals surface area contributed by atoms with E-state index >= 15 is 0 Å². The third-order valence-corrected chi connectivity index (χ3v) is 3.46. The van der Waals surface area contributed by atoms with Gasteiger partial charge in [0.05, 0.1) is 7.11 Å². The first-order chi connectivity index (χ1) is 5.75. The van der Waals surface area contributed by atoms with Gasteiger partial charge in [0.1, 0.15) is 0 Å². The van der Waals surface area contributed by atoms with Gasteiger partial charge in [0, 0.05) is 10.8 Å². The Balaban J connectivity index is 2.45. The Bertz CT molecular complexity index is 183. The van der Waals surface area contributed by atoms with E-state index in [1.807, 2.05) is 11.8 Å². The zero-order valence-corrected chi connectivity index (χ0v) is 8.15. The predicted octanol–water partition coefficient (Wildman–Crippen LogP) is 2.00. The maximum atomic E-state index is 11.1. The predicted molar refractivity (Wildman–Crippen MR) is 51.3 cm³/mol. The van der Waals surface area contributed by atoms with Crippen LogP contribution in [0.25, 0.3) is 0 Å². The number of methoxy groups -OCH3 is 1. The summed E-state index contributed by atoms with van der Waals surface area (Å²) >= 11 is 1.81. The molecule has 1 aliphatic rings. The molecule has 1 atom stereocenters. The number of thioether (sulfide) groups is 1. The van der Waals surface area contributed by atoms with Crippen molar-refractivity contribution in [3.8, 4) is 0 Å². The number of esters is 1. The molecule has 0 amide bonds. The van der Waals surface area contributed by atoms with E-state index in [4.69, 9.17) is 0 Å². The van der Waals surface area contributed by atoms with Crippen LogP contribution in [-0.2, 0) is 9.53 Å². The van der Waals surface area contributed by atoms with Crippen LogP contribution in [0.5, 0.6) is 0 Å². The van der Waals surface area contributed by atoms with E-state index in [9.17, 15) is 4.79 Å². The second-order valence-corrected chi connectivity index (χ2v) is 4.18. The minimum Gasteiger partial charge on any atom is -0.466 e. The van der Waals surface area contributed by atoms with Crippen LogP contribution in [-0.4, -0.2) is 24.1 Å². The molecule has 0 saturated carbocycles. The highest BCUT2D eigenvalue weighted by atomic mass is 32.2. The third kappa shape index (κ3) is 2.27. The highest BCUT2D eigenvalue weighted by Crippen LogP contribution is 2.29. The third-order valence-electron chi connectivity index (χ3n) is 2.02. The summed E-state index contributed by atoms with van der Waals surface area (Å²) < 4.78 is 4.61. The maximum Gasteiger partial charge on any atom is 0.334 e. The fourth-order valence-corrected chi connectivity index (χ4v) is 2.56. The minimum absolute atomic E-state index is 0.255. The van der Waals surface area contributed by atoms with Crippen LogP contribution in [0.1, 0.15) is 19.3 Å². The fraction of sp³-hybridized carbons (Fsp3) is 0.667. The lowest BCUT2D eigenvalue weighted by Crippen LogP contribution is -2.18. The first-order valence-corrected chi connectivity index (χ1v) is 5.19. The van der Waals surface area contributed by atoms with Gasteiger partial charge < -0.3 is 4.74 Å². The van der Waals surface area contributed by atoms with Crippen molar-refractivity contribution in [2.24, 2.45) is 0 Å². The van der Waals surface area contributed by atoms with Gasteiger partial charge >= 0.3 is 5.97 Å². The van der Waals surface area contributed by atoms with Crippen molar-refractivity contribution < 1.29 is 9.53 Å². The van der Waals surface area contributed by atoms with E-state index in [2.05, 4.69) is 11.3 Å². The Labute approximate surface area is 77.4 Å². The first-order valence-electron chi connectivity index (χ1n) is 4.14. The van der Waals surface area contributed by atoms with Crippen molar-refractivity contribution in [1.82, 2.24) is 0 Å². The smallest absolute Gasteiger partial charge is 0.334 e. The average Bonchev–Trinajstić information content (AvgIpc) is 2.17. The van der Waals surface area contributed by atoms with Crippen molar-refractivity contribution in [2.75, 3.05) is 12.9 Å². The lowest BCUT2D eigenvalue weighted by Gasteiger charge is -2.21. The van der Waals surface area contributed by atoms with Crippen LogP contribution in [0.4, 0.5) is 0 Å². The van der Waals surface area contributed by atoms with Crippen LogP contribution in [0, 0.1) is 0 Å². The summed E-state index contributed by atoms with van der Waals surface area (Å²) in [5, 5.41) is 0.297. The Hall–Kier alpha value is -0.440. The molecule has 0 aromatic rings. The van der Waals surface area contributed by atoms with Gasteiger partial charge in [-0.15, -0.1) is 0 Å². The summed E-state index contributed by atoms with van der Waals surface area (Å²) in [6.07, 6.45) is 3.53. The van der Waals surface area contributed by atoms with Crippen LogP contribution in [0.3, 0.4) is 0 Å². The van der Waals surface area contributed by atoms with Crippen LogP contribution in [0.15, 0.2) is 12.2 Å². The summed E-state index contributed by atoms with van der Waals surface area (Å²) in [6.45, 7) is 3.75. The van der Waals surface area contributed by atoms with Gasteiger partial charge in [-0.05, 0) is 18.6 Å². The molecule has 0 aliphatic carbocycles. The van der Waals surface area contributed by atoms with Gasteiger partial charge in [-0.3, -0.25) is 0 Å². The zero-order chi connectivity index (χ0) is 8.97. The van der Waals surface area contributed by atoms with Gasteiger partial charge in [0.25, 0.3) is 0 Å². The Kier molecular flexibility index (Phi) is 3.66. The molecule has 1 aliphatic heterocycles. The van der Waals surface area contributed by atoms with E-state index in [0.717, 1.165) is 12.2 Å². The molecule has 12 heavy (non-hydrogen) atoms. The number of hydrogen-bond acceptors (Lipinski definition) is 3. The van der Waals surface area contributed by atoms with Gasteiger partial charge in [-0.2, -0.15) is 11.8 Å².